The molecular weight excluding hydrogens is 577 g/mol. The Morgan fingerprint density at radius 2 is 1.55 bits per heavy atom. The molecule has 2 aromatic carbocycles. The second-order valence-corrected chi connectivity index (χ2v) is 9.52. The van der Waals surface area contributed by atoms with Crippen molar-refractivity contribution >= 4 is 41.2 Å². The highest BCUT2D eigenvalue weighted by Crippen LogP contribution is 2.25. The van der Waals surface area contributed by atoms with E-state index < -0.39 is 43.0 Å². The monoisotopic (exact) mass is 604 g/mol. The number of benzene rings is 2. The number of rotatable bonds is 13. The summed E-state index contributed by atoms with van der Waals surface area (Å²) in [6.07, 6.45) is -3.05. The van der Waals surface area contributed by atoms with Crippen LogP contribution in [0.15, 0.2) is 72.9 Å². The molecule has 0 radical (unpaired) electrons. The molecule has 3 N–H and O–H groups in total. The summed E-state index contributed by atoms with van der Waals surface area (Å²) in [5, 5.41) is 8.66. The predicted molar refractivity (Wildman–Crippen MR) is 149 cm³/mol. The molecule has 0 spiro atoms. The fourth-order valence-electron chi connectivity index (χ4n) is 3.78. The van der Waals surface area contributed by atoms with E-state index in [2.05, 4.69) is 25.7 Å². The Kier molecular flexibility index (Phi) is 11.9. The number of unbranched alkanes of at least 4 members (excludes halogenated alkanes) is 1. The third kappa shape index (κ3) is 10.8. The summed E-state index contributed by atoms with van der Waals surface area (Å²) in [7, 11) is 0. The quantitative estimate of drug-likeness (QED) is 0.143. The first-order valence-electron chi connectivity index (χ1n) is 12.9. The van der Waals surface area contributed by atoms with E-state index in [1.54, 1.807) is 60.8 Å². The van der Waals surface area contributed by atoms with Crippen molar-refractivity contribution in [1.82, 2.24) is 15.6 Å². The van der Waals surface area contributed by atoms with Crippen LogP contribution in [0, 0.1) is 0 Å². The molecule has 0 fully saturated rings. The minimum absolute atomic E-state index is 0.165. The highest BCUT2D eigenvalue weighted by molar-refractivity contribution is 6.30. The van der Waals surface area contributed by atoms with Gasteiger partial charge in [0.2, 0.25) is 11.8 Å². The second-order valence-electron chi connectivity index (χ2n) is 9.09. The van der Waals surface area contributed by atoms with E-state index in [4.69, 9.17) is 11.6 Å². The maximum atomic E-state index is 12.6. The van der Waals surface area contributed by atoms with Crippen LogP contribution in [-0.2, 0) is 23.9 Å². The number of aromatic nitrogens is 1. The molecule has 1 aromatic heterocycles. The van der Waals surface area contributed by atoms with Gasteiger partial charge in [-0.05, 0) is 53.8 Å². The molecule has 42 heavy (non-hydrogen) atoms. The molecule has 3 rings (SSSR count). The lowest BCUT2D eigenvalue weighted by Gasteiger charge is -2.19. The van der Waals surface area contributed by atoms with Crippen molar-refractivity contribution in [2.75, 3.05) is 18.4 Å². The molecule has 1 heterocycles. The molecule has 9 nitrogen and oxygen atoms in total. The maximum Gasteiger partial charge on any atom is 0.491 e. The number of nitrogens with one attached hydrogen (secondary N) is 3. The first-order chi connectivity index (χ1) is 20.0. The molecule has 222 valence electrons. The summed E-state index contributed by atoms with van der Waals surface area (Å²) in [6, 6.07) is 17.8. The van der Waals surface area contributed by atoms with Crippen LogP contribution in [0.3, 0.4) is 0 Å². The van der Waals surface area contributed by atoms with Gasteiger partial charge in [0.1, 0.15) is 5.82 Å². The molecule has 0 aliphatic rings. The lowest BCUT2D eigenvalue weighted by molar-refractivity contribution is -0.202. The van der Waals surface area contributed by atoms with Crippen molar-refractivity contribution in [3.8, 4) is 11.1 Å². The van der Waals surface area contributed by atoms with Crippen molar-refractivity contribution < 1.29 is 37.1 Å². The Hall–Kier alpha value is -4.45. The van der Waals surface area contributed by atoms with Crippen molar-refractivity contribution in [1.29, 1.82) is 0 Å². The largest absolute Gasteiger partial charge is 0.491 e. The number of nitrogens with zero attached hydrogens (tertiary/aromatic N) is 1. The number of carbonyl (C=O) groups is 4. The van der Waals surface area contributed by atoms with Gasteiger partial charge in [-0.2, -0.15) is 13.2 Å². The van der Waals surface area contributed by atoms with Gasteiger partial charge in [0.05, 0.1) is 19.0 Å². The van der Waals surface area contributed by atoms with Crippen LogP contribution in [0.1, 0.15) is 37.3 Å². The van der Waals surface area contributed by atoms with E-state index in [1.165, 1.54) is 0 Å². The topological polar surface area (TPSA) is 126 Å². The van der Waals surface area contributed by atoms with E-state index >= 15 is 0 Å². The molecule has 0 saturated carbocycles. The van der Waals surface area contributed by atoms with Gasteiger partial charge in [-0.3, -0.25) is 14.4 Å². The first kappa shape index (κ1) is 32.1. The van der Waals surface area contributed by atoms with Crippen molar-refractivity contribution in [2.45, 2.75) is 37.9 Å². The summed E-state index contributed by atoms with van der Waals surface area (Å²) >= 11 is 5.92. The van der Waals surface area contributed by atoms with Crippen LogP contribution < -0.4 is 16.0 Å². The number of anilines is 1. The minimum Gasteiger partial charge on any atom is -0.386 e. The van der Waals surface area contributed by atoms with E-state index in [-0.39, 0.29) is 12.3 Å². The molecule has 3 aromatic rings. The number of ether oxygens (including phenoxy) is 1. The average Bonchev–Trinajstić information content (AvgIpc) is 2.96. The Morgan fingerprint density at radius 3 is 2.17 bits per heavy atom. The van der Waals surface area contributed by atoms with Gasteiger partial charge in [0, 0.05) is 24.2 Å². The molecule has 0 aliphatic heterocycles. The van der Waals surface area contributed by atoms with Gasteiger partial charge < -0.3 is 20.7 Å². The van der Waals surface area contributed by atoms with Crippen LogP contribution in [0.4, 0.5) is 19.0 Å². The standard InChI is InChI=1S/C29H28ClF3N4O5/c30-22-13-11-20(12-14-22)19-7-9-21(10-8-19)23(17-27(40)42-28(41)29(31,32)33)37-26(39)18-36-25(38)6-2-4-16-35-24-5-1-3-15-34-24/h1,3,5,7-15,23H,2,4,6,16-18H2,(H,34,35)(H,36,38)(H,37,39). The fourth-order valence-corrected chi connectivity index (χ4v) is 3.90. The van der Waals surface area contributed by atoms with Crippen LogP contribution in [0.2, 0.25) is 5.02 Å². The molecular formula is C29H28ClF3N4O5. The van der Waals surface area contributed by atoms with Crippen molar-refractivity contribution in [2.24, 2.45) is 0 Å². The number of halogens is 4. The third-order valence-electron chi connectivity index (χ3n) is 5.88. The number of esters is 2. The molecule has 13 heteroatoms. The Bertz CT molecular complexity index is 1350. The van der Waals surface area contributed by atoms with Gasteiger partial charge in [-0.1, -0.05) is 54.1 Å². The average molecular weight is 605 g/mol. The van der Waals surface area contributed by atoms with Gasteiger partial charge in [0.25, 0.3) is 0 Å². The van der Waals surface area contributed by atoms with Gasteiger partial charge >= 0.3 is 18.1 Å². The van der Waals surface area contributed by atoms with Crippen LogP contribution >= 0.6 is 11.6 Å². The smallest absolute Gasteiger partial charge is 0.386 e. The number of carbonyl (C=O) groups excluding carboxylic acids is 4. The molecule has 1 atom stereocenters. The SMILES string of the molecule is O=C(CCCCNc1ccccn1)NCC(=O)NC(CC(=O)OC(=O)C(F)(F)F)c1ccc(-c2ccc(Cl)cc2)cc1. The Labute approximate surface area is 244 Å². The number of hydrogen-bond donors (Lipinski definition) is 3. The Balaban J connectivity index is 1.55. The number of pyridine rings is 1. The summed E-state index contributed by atoms with van der Waals surface area (Å²) < 4.78 is 41.5. The Morgan fingerprint density at radius 1 is 0.881 bits per heavy atom. The van der Waals surface area contributed by atoms with E-state index in [0.717, 1.165) is 16.9 Å². The first-order valence-corrected chi connectivity index (χ1v) is 13.3. The fraction of sp³-hybridized carbons (Fsp3) is 0.276. The zero-order chi connectivity index (χ0) is 30.5. The molecule has 2 amide bonds. The molecule has 1 unspecified atom stereocenters. The minimum atomic E-state index is -5.35. The number of hydrogen-bond acceptors (Lipinski definition) is 7. The van der Waals surface area contributed by atoms with E-state index in [9.17, 15) is 32.3 Å². The summed E-state index contributed by atoms with van der Waals surface area (Å²) in [5.41, 5.74) is 1.97. The van der Waals surface area contributed by atoms with Gasteiger partial charge in [-0.15, -0.1) is 0 Å². The summed E-state index contributed by atoms with van der Waals surface area (Å²) in [5.74, 6) is -4.48. The van der Waals surface area contributed by atoms with Crippen LogP contribution in [-0.4, -0.2) is 48.0 Å². The number of alkyl halides is 3. The highest BCUT2D eigenvalue weighted by Gasteiger charge is 2.42. The van der Waals surface area contributed by atoms with E-state index in [0.29, 0.717) is 30.0 Å². The third-order valence-corrected chi connectivity index (χ3v) is 6.13. The molecule has 0 saturated heterocycles. The van der Waals surface area contributed by atoms with Crippen molar-refractivity contribution in [3.05, 3.63) is 83.5 Å². The summed E-state index contributed by atoms with van der Waals surface area (Å²) in [4.78, 5) is 52.1. The normalized spacial score (nSPS) is 11.7. The number of amides is 2. The molecule has 0 bridgehead atoms. The molecule has 0 aliphatic carbocycles. The van der Waals surface area contributed by atoms with Crippen molar-refractivity contribution in [3.63, 3.8) is 0 Å². The zero-order valence-electron chi connectivity index (χ0n) is 22.2. The highest BCUT2D eigenvalue weighted by atomic mass is 35.5. The second kappa shape index (κ2) is 15.5. The van der Waals surface area contributed by atoms with Crippen LogP contribution in [0.5, 0.6) is 0 Å². The maximum absolute atomic E-state index is 12.6. The predicted octanol–water partition coefficient (Wildman–Crippen LogP) is 4.98. The van der Waals surface area contributed by atoms with Crippen LogP contribution in [0.25, 0.3) is 11.1 Å². The van der Waals surface area contributed by atoms with Gasteiger partial charge in [0.15, 0.2) is 0 Å². The lowest BCUT2D eigenvalue weighted by atomic mass is 9.99. The lowest BCUT2D eigenvalue weighted by Crippen LogP contribution is -2.39. The summed E-state index contributed by atoms with van der Waals surface area (Å²) in [6.45, 7) is 0.178. The van der Waals surface area contributed by atoms with Gasteiger partial charge in [-0.25, -0.2) is 9.78 Å². The zero-order valence-corrected chi connectivity index (χ0v) is 23.0. The van der Waals surface area contributed by atoms with E-state index in [1.807, 2.05) is 12.1 Å².